The summed E-state index contributed by atoms with van der Waals surface area (Å²) in [6.07, 6.45) is 0.867. The van der Waals surface area contributed by atoms with Crippen molar-refractivity contribution in [2.45, 2.75) is 32.0 Å². The molecule has 1 aliphatic rings. The van der Waals surface area contributed by atoms with Gasteiger partial charge in [-0.1, -0.05) is 54.2 Å². The van der Waals surface area contributed by atoms with Gasteiger partial charge in [-0.25, -0.2) is 0 Å². The molecule has 8 heteroatoms. The number of para-hydroxylation sites is 1. The highest BCUT2D eigenvalue weighted by Crippen LogP contribution is 2.29. The monoisotopic (exact) mass is 497 g/mol. The fourth-order valence-electron chi connectivity index (χ4n) is 4.43. The number of hydrogen-bond acceptors (Lipinski definition) is 5. The van der Waals surface area contributed by atoms with Gasteiger partial charge < -0.3 is 14.8 Å². The summed E-state index contributed by atoms with van der Waals surface area (Å²) in [6, 6.07) is 23.1. The van der Waals surface area contributed by atoms with Crippen LogP contribution in [-0.2, 0) is 17.8 Å². The summed E-state index contributed by atoms with van der Waals surface area (Å²) < 4.78 is 2.02. The quantitative estimate of drug-likeness (QED) is 0.355. The van der Waals surface area contributed by atoms with Crippen LogP contribution in [0, 0.1) is 6.92 Å². The molecular weight excluding hydrogens is 470 g/mol. The van der Waals surface area contributed by atoms with Crippen molar-refractivity contribution < 1.29 is 9.59 Å². The van der Waals surface area contributed by atoms with E-state index in [9.17, 15) is 9.59 Å². The highest BCUT2D eigenvalue weighted by Gasteiger charge is 2.25. The molecule has 0 radical (unpaired) electrons. The summed E-state index contributed by atoms with van der Waals surface area (Å²) in [6.45, 7) is 5.48. The summed E-state index contributed by atoms with van der Waals surface area (Å²) in [5, 5.41) is 12.3. The maximum Gasteiger partial charge on any atom is 0.258 e. The molecule has 36 heavy (non-hydrogen) atoms. The number of rotatable bonds is 7. The van der Waals surface area contributed by atoms with Crippen molar-refractivity contribution >= 4 is 35.0 Å². The molecular formula is C28H27N5O2S. The van der Waals surface area contributed by atoms with Crippen LogP contribution in [0.3, 0.4) is 0 Å². The Bertz CT molecular complexity index is 1410. The molecule has 0 spiro atoms. The minimum Gasteiger partial charge on any atom is -0.325 e. The Morgan fingerprint density at radius 3 is 2.50 bits per heavy atom. The second kappa shape index (κ2) is 10.4. The maximum atomic E-state index is 13.0. The number of nitrogens with one attached hydrogen (secondary N) is 1. The van der Waals surface area contributed by atoms with Gasteiger partial charge in [-0.2, -0.15) is 0 Å². The molecule has 0 aliphatic carbocycles. The van der Waals surface area contributed by atoms with Crippen molar-refractivity contribution in [3.63, 3.8) is 0 Å². The van der Waals surface area contributed by atoms with E-state index in [-0.39, 0.29) is 17.6 Å². The van der Waals surface area contributed by atoms with Gasteiger partial charge in [0.2, 0.25) is 5.91 Å². The number of aromatic nitrogens is 3. The minimum atomic E-state index is -0.143. The van der Waals surface area contributed by atoms with Crippen molar-refractivity contribution in [2.75, 3.05) is 22.5 Å². The van der Waals surface area contributed by atoms with Crippen LogP contribution < -0.4 is 10.2 Å². The van der Waals surface area contributed by atoms with Crippen LogP contribution in [0.2, 0.25) is 0 Å². The Morgan fingerprint density at radius 1 is 0.972 bits per heavy atom. The van der Waals surface area contributed by atoms with Crippen molar-refractivity contribution in [2.24, 2.45) is 0 Å². The minimum absolute atomic E-state index is 0.0308. The van der Waals surface area contributed by atoms with Gasteiger partial charge in [-0.05, 0) is 61.7 Å². The molecule has 2 heterocycles. The average molecular weight is 498 g/mol. The van der Waals surface area contributed by atoms with E-state index in [4.69, 9.17) is 0 Å². The molecule has 0 atom stereocenters. The van der Waals surface area contributed by atoms with E-state index in [0.29, 0.717) is 29.5 Å². The van der Waals surface area contributed by atoms with Crippen LogP contribution in [-0.4, -0.2) is 38.9 Å². The summed E-state index contributed by atoms with van der Waals surface area (Å²) in [5.74, 6) is 0.837. The molecule has 0 fully saturated rings. The van der Waals surface area contributed by atoms with Crippen LogP contribution in [0.5, 0.6) is 0 Å². The van der Waals surface area contributed by atoms with Gasteiger partial charge >= 0.3 is 0 Å². The lowest BCUT2D eigenvalue weighted by Gasteiger charge is -2.17. The number of nitrogens with zero attached hydrogens (tertiary/aromatic N) is 4. The standard InChI is InChI=1S/C28H27N5O2S/c1-3-32-26(23-10-6-4-8-19(23)2)30-31-28(32)36-18-25(34)29-22-14-12-21(13-15-22)27(35)33-17-16-20-9-5-7-11-24(20)33/h4-15H,3,16-18H2,1-2H3,(H,29,34). The first-order valence-electron chi connectivity index (χ1n) is 12.0. The van der Waals surface area contributed by atoms with Crippen LogP contribution >= 0.6 is 11.8 Å². The number of carbonyl (C=O) groups is 2. The maximum absolute atomic E-state index is 13.0. The molecule has 4 aromatic rings. The summed E-state index contributed by atoms with van der Waals surface area (Å²) in [7, 11) is 0. The normalized spacial score (nSPS) is 12.4. The Labute approximate surface area is 214 Å². The van der Waals surface area contributed by atoms with Gasteiger partial charge in [0.1, 0.15) is 0 Å². The molecule has 0 saturated heterocycles. The lowest BCUT2D eigenvalue weighted by Crippen LogP contribution is -2.28. The first-order valence-corrected chi connectivity index (χ1v) is 13.0. The Kier molecular flexibility index (Phi) is 6.86. The summed E-state index contributed by atoms with van der Waals surface area (Å²) in [4.78, 5) is 27.4. The van der Waals surface area contributed by atoms with Crippen molar-refractivity contribution in [3.05, 3.63) is 89.5 Å². The predicted molar refractivity (Wildman–Crippen MR) is 143 cm³/mol. The molecule has 5 rings (SSSR count). The Balaban J connectivity index is 1.20. The fourth-order valence-corrected chi connectivity index (χ4v) is 5.23. The van der Waals surface area contributed by atoms with Crippen molar-refractivity contribution in [1.82, 2.24) is 14.8 Å². The zero-order chi connectivity index (χ0) is 25.1. The van der Waals surface area contributed by atoms with Crippen LogP contribution in [0.4, 0.5) is 11.4 Å². The van der Waals surface area contributed by atoms with E-state index < -0.39 is 0 Å². The first kappa shape index (κ1) is 23.8. The van der Waals surface area contributed by atoms with Crippen LogP contribution in [0.25, 0.3) is 11.4 Å². The number of fused-ring (bicyclic) bond motifs is 1. The average Bonchev–Trinajstić information content (AvgIpc) is 3.52. The number of amides is 2. The van der Waals surface area contributed by atoms with E-state index >= 15 is 0 Å². The molecule has 1 N–H and O–H groups in total. The second-order valence-corrected chi connectivity index (χ2v) is 9.56. The lowest BCUT2D eigenvalue weighted by molar-refractivity contribution is -0.113. The Morgan fingerprint density at radius 2 is 1.72 bits per heavy atom. The third-order valence-electron chi connectivity index (χ3n) is 6.30. The highest BCUT2D eigenvalue weighted by molar-refractivity contribution is 7.99. The highest BCUT2D eigenvalue weighted by atomic mass is 32.2. The molecule has 3 aromatic carbocycles. The van der Waals surface area contributed by atoms with E-state index in [2.05, 4.69) is 21.6 Å². The summed E-state index contributed by atoms with van der Waals surface area (Å²) in [5.41, 5.74) is 5.58. The van der Waals surface area contributed by atoms with Gasteiger partial charge in [0.15, 0.2) is 11.0 Å². The molecule has 0 unspecified atom stereocenters. The lowest BCUT2D eigenvalue weighted by atomic mass is 10.1. The number of thioether (sulfide) groups is 1. The van der Waals surface area contributed by atoms with Crippen molar-refractivity contribution in [3.8, 4) is 11.4 Å². The SMILES string of the molecule is CCn1c(SCC(=O)Nc2ccc(C(=O)N3CCc4ccccc43)cc2)nnc1-c1ccccc1C. The second-order valence-electron chi connectivity index (χ2n) is 8.62. The van der Waals surface area contributed by atoms with Crippen molar-refractivity contribution in [1.29, 1.82) is 0 Å². The third-order valence-corrected chi connectivity index (χ3v) is 7.27. The molecule has 1 aromatic heterocycles. The molecule has 1 aliphatic heterocycles. The van der Waals surface area contributed by atoms with Gasteiger partial charge in [0, 0.05) is 35.6 Å². The summed E-state index contributed by atoms with van der Waals surface area (Å²) >= 11 is 1.36. The van der Waals surface area contributed by atoms with E-state index in [1.807, 2.05) is 65.8 Å². The first-order chi connectivity index (χ1) is 17.5. The van der Waals surface area contributed by atoms with Crippen LogP contribution in [0.15, 0.2) is 78.0 Å². The number of aryl methyl sites for hydroxylation is 1. The Hall–Kier alpha value is -3.91. The van der Waals surface area contributed by atoms with Gasteiger partial charge in [-0.15, -0.1) is 10.2 Å². The number of hydrogen-bond donors (Lipinski definition) is 1. The zero-order valence-electron chi connectivity index (χ0n) is 20.3. The molecule has 0 bridgehead atoms. The number of benzene rings is 3. The predicted octanol–water partition coefficient (Wildman–Crippen LogP) is 5.21. The topological polar surface area (TPSA) is 80.1 Å². The molecule has 0 saturated carbocycles. The smallest absolute Gasteiger partial charge is 0.258 e. The third kappa shape index (κ3) is 4.77. The molecule has 7 nitrogen and oxygen atoms in total. The number of carbonyl (C=O) groups excluding carboxylic acids is 2. The van der Waals surface area contributed by atoms with Gasteiger partial charge in [0.05, 0.1) is 5.75 Å². The molecule has 2 amide bonds. The largest absolute Gasteiger partial charge is 0.325 e. The zero-order valence-corrected chi connectivity index (χ0v) is 21.1. The number of anilines is 2. The van der Waals surface area contributed by atoms with Gasteiger partial charge in [0.25, 0.3) is 5.91 Å². The fraction of sp³-hybridized carbons (Fsp3) is 0.214. The van der Waals surface area contributed by atoms with E-state index in [0.717, 1.165) is 29.1 Å². The van der Waals surface area contributed by atoms with E-state index in [1.54, 1.807) is 24.3 Å². The van der Waals surface area contributed by atoms with Gasteiger partial charge in [-0.3, -0.25) is 9.59 Å². The molecule has 182 valence electrons. The van der Waals surface area contributed by atoms with E-state index in [1.165, 1.54) is 17.3 Å². The van der Waals surface area contributed by atoms with Crippen LogP contribution in [0.1, 0.15) is 28.4 Å².